The third-order valence-electron chi connectivity index (χ3n) is 2.65. The Morgan fingerprint density at radius 2 is 2.17 bits per heavy atom. The van der Waals surface area contributed by atoms with Crippen molar-refractivity contribution in [2.75, 3.05) is 13.1 Å². The fourth-order valence-corrected chi connectivity index (χ4v) is 2.49. The van der Waals surface area contributed by atoms with E-state index in [1.165, 1.54) is 16.2 Å². The van der Waals surface area contributed by atoms with E-state index >= 15 is 0 Å². The summed E-state index contributed by atoms with van der Waals surface area (Å²) in [5, 5.41) is 13.1. The van der Waals surface area contributed by atoms with Gasteiger partial charge in [0.05, 0.1) is 23.8 Å². The van der Waals surface area contributed by atoms with Crippen LogP contribution in [0.15, 0.2) is 5.38 Å². The summed E-state index contributed by atoms with van der Waals surface area (Å²) in [6, 6.07) is 0. The van der Waals surface area contributed by atoms with Crippen molar-refractivity contribution in [1.29, 1.82) is 0 Å². The number of carbonyl (C=O) groups is 1. The smallest absolute Gasteiger partial charge is 0.410 e. The standard InChI is InChI=1S/C12H18N2O3S/c1-8-13-9(5-18-8)12(16)6-14(7-12)10(15)17-11(2,3)4/h5,16H,6-7H2,1-4H3. The van der Waals surface area contributed by atoms with Gasteiger partial charge in [-0.15, -0.1) is 11.3 Å². The Morgan fingerprint density at radius 3 is 2.61 bits per heavy atom. The minimum Gasteiger partial charge on any atom is -0.444 e. The average molecular weight is 270 g/mol. The Morgan fingerprint density at radius 1 is 1.56 bits per heavy atom. The normalized spacial score (nSPS) is 18.4. The van der Waals surface area contributed by atoms with Crippen LogP contribution in [-0.4, -0.2) is 39.8 Å². The number of ether oxygens (including phenoxy) is 1. The van der Waals surface area contributed by atoms with Crippen LogP contribution < -0.4 is 0 Å². The lowest BCUT2D eigenvalue weighted by Crippen LogP contribution is -2.62. The zero-order valence-electron chi connectivity index (χ0n) is 11.1. The molecule has 0 atom stereocenters. The molecule has 0 radical (unpaired) electrons. The number of nitrogens with zero attached hydrogens (tertiary/aromatic N) is 2. The van der Waals surface area contributed by atoms with Gasteiger partial charge < -0.3 is 14.7 Å². The molecule has 1 amide bonds. The molecule has 6 heteroatoms. The molecule has 2 rings (SSSR count). The molecule has 1 N–H and O–H groups in total. The molecule has 2 heterocycles. The second kappa shape index (κ2) is 4.20. The van der Waals surface area contributed by atoms with Gasteiger partial charge in [0.1, 0.15) is 11.2 Å². The molecule has 0 spiro atoms. The van der Waals surface area contributed by atoms with E-state index in [2.05, 4.69) is 4.98 Å². The number of aromatic nitrogens is 1. The first-order valence-electron chi connectivity index (χ1n) is 5.82. The van der Waals surface area contributed by atoms with Gasteiger partial charge in [-0.3, -0.25) is 0 Å². The Hall–Kier alpha value is -1.14. The Bertz CT molecular complexity index is 458. The highest BCUT2D eigenvalue weighted by molar-refractivity contribution is 7.09. The maximum atomic E-state index is 11.7. The van der Waals surface area contributed by atoms with Crippen molar-refractivity contribution >= 4 is 17.4 Å². The average Bonchev–Trinajstić information content (AvgIpc) is 2.57. The van der Waals surface area contributed by atoms with Gasteiger partial charge in [-0.25, -0.2) is 9.78 Å². The van der Waals surface area contributed by atoms with Crippen molar-refractivity contribution in [2.45, 2.75) is 38.9 Å². The van der Waals surface area contributed by atoms with Crippen molar-refractivity contribution < 1.29 is 14.6 Å². The molecule has 0 unspecified atom stereocenters. The van der Waals surface area contributed by atoms with Crippen molar-refractivity contribution in [3.63, 3.8) is 0 Å². The van der Waals surface area contributed by atoms with Crippen LogP contribution in [0.1, 0.15) is 31.5 Å². The van der Waals surface area contributed by atoms with Crippen molar-refractivity contribution in [2.24, 2.45) is 0 Å². The maximum absolute atomic E-state index is 11.7. The molecule has 0 bridgehead atoms. The molecule has 1 aromatic heterocycles. The molecule has 0 saturated carbocycles. The Kier molecular flexibility index (Phi) is 3.11. The highest BCUT2D eigenvalue weighted by Crippen LogP contribution is 2.33. The van der Waals surface area contributed by atoms with E-state index in [4.69, 9.17) is 4.74 Å². The molecule has 0 aliphatic carbocycles. The van der Waals surface area contributed by atoms with E-state index in [9.17, 15) is 9.90 Å². The Labute approximate surface area is 110 Å². The van der Waals surface area contributed by atoms with Crippen LogP contribution in [0.25, 0.3) is 0 Å². The maximum Gasteiger partial charge on any atom is 0.410 e. The van der Waals surface area contributed by atoms with E-state index in [1.54, 1.807) is 0 Å². The third kappa shape index (κ3) is 2.64. The van der Waals surface area contributed by atoms with Crippen LogP contribution in [0.2, 0.25) is 0 Å². The molecule has 0 aromatic carbocycles. The highest BCUT2D eigenvalue weighted by Gasteiger charge is 2.47. The summed E-state index contributed by atoms with van der Waals surface area (Å²) in [5.74, 6) is 0. The molecular weight excluding hydrogens is 252 g/mol. The first-order valence-corrected chi connectivity index (χ1v) is 6.70. The first-order chi connectivity index (χ1) is 8.20. The number of likely N-dealkylation sites (tertiary alicyclic amines) is 1. The summed E-state index contributed by atoms with van der Waals surface area (Å²) < 4.78 is 5.23. The summed E-state index contributed by atoms with van der Waals surface area (Å²) in [4.78, 5) is 17.5. The lowest BCUT2D eigenvalue weighted by Gasteiger charge is -2.45. The van der Waals surface area contributed by atoms with E-state index in [0.717, 1.165) is 5.01 Å². The molecule has 18 heavy (non-hydrogen) atoms. The van der Waals surface area contributed by atoms with Gasteiger partial charge >= 0.3 is 6.09 Å². The number of hydrogen-bond donors (Lipinski definition) is 1. The van der Waals surface area contributed by atoms with Gasteiger partial charge in [-0.1, -0.05) is 0 Å². The molecule has 1 aromatic rings. The van der Waals surface area contributed by atoms with Crippen LogP contribution >= 0.6 is 11.3 Å². The number of hydrogen-bond acceptors (Lipinski definition) is 5. The van der Waals surface area contributed by atoms with Gasteiger partial charge in [0.25, 0.3) is 0 Å². The minimum absolute atomic E-state index is 0.241. The monoisotopic (exact) mass is 270 g/mol. The Balaban J connectivity index is 1.95. The highest BCUT2D eigenvalue weighted by atomic mass is 32.1. The fraction of sp³-hybridized carbons (Fsp3) is 0.667. The lowest BCUT2D eigenvalue weighted by atomic mass is 9.92. The molecule has 1 fully saturated rings. The number of rotatable bonds is 1. The van der Waals surface area contributed by atoms with Crippen LogP contribution in [0.3, 0.4) is 0 Å². The SMILES string of the molecule is Cc1nc(C2(O)CN(C(=O)OC(C)(C)C)C2)cs1. The summed E-state index contributed by atoms with van der Waals surface area (Å²) >= 11 is 1.49. The fourth-order valence-electron chi connectivity index (χ4n) is 1.78. The second-order valence-corrected chi connectivity index (χ2v) is 6.68. The number of aryl methyl sites for hydroxylation is 1. The topological polar surface area (TPSA) is 62.7 Å². The first kappa shape index (κ1) is 13.3. The summed E-state index contributed by atoms with van der Waals surface area (Å²) in [6.45, 7) is 7.83. The third-order valence-corrected chi connectivity index (χ3v) is 3.43. The van der Waals surface area contributed by atoms with Crippen LogP contribution in [0.4, 0.5) is 4.79 Å². The van der Waals surface area contributed by atoms with Crippen LogP contribution in [0, 0.1) is 6.92 Å². The van der Waals surface area contributed by atoms with Crippen molar-refractivity contribution in [1.82, 2.24) is 9.88 Å². The van der Waals surface area contributed by atoms with Crippen LogP contribution in [-0.2, 0) is 10.3 Å². The number of carbonyl (C=O) groups excluding carboxylic acids is 1. The molecule has 1 saturated heterocycles. The summed E-state index contributed by atoms with van der Waals surface area (Å²) in [7, 11) is 0. The largest absolute Gasteiger partial charge is 0.444 e. The van der Waals surface area contributed by atoms with E-state index < -0.39 is 11.2 Å². The van der Waals surface area contributed by atoms with E-state index in [1.807, 2.05) is 33.1 Å². The van der Waals surface area contributed by atoms with Crippen molar-refractivity contribution in [3.8, 4) is 0 Å². The number of thiazole rings is 1. The van der Waals surface area contributed by atoms with Gasteiger partial charge in [-0.05, 0) is 27.7 Å². The molecular formula is C12H18N2O3S. The van der Waals surface area contributed by atoms with E-state index in [0.29, 0.717) is 5.69 Å². The summed E-state index contributed by atoms with van der Waals surface area (Å²) in [6.07, 6.45) is -0.390. The number of β-amino-alcohol motifs (C(OH)–C–C–N with tert-alkyl or cyclic N) is 1. The van der Waals surface area contributed by atoms with E-state index in [-0.39, 0.29) is 19.2 Å². The lowest BCUT2D eigenvalue weighted by molar-refractivity contribution is -0.105. The summed E-state index contributed by atoms with van der Waals surface area (Å²) in [5.41, 5.74) is -0.881. The van der Waals surface area contributed by atoms with Gasteiger partial charge in [0.15, 0.2) is 0 Å². The number of amides is 1. The predicted octanol–water partition coefficient (Wildman–Crippen LogP) is 1.89. The molecule has 100 valence electrons. The molecule has 1 aliphatic rings. The van der Waals surface area contributed by atoms with Gasteiger partial charge in [0, 0.05) is 5.38 Å². The predicted molar refractivity (Wildman–Crippen MR) is 68.6 cm³/mol. The second-order valence-electron chi connectivity index (χ2n) is 5.62. The molecule has 1 aliphatic heterocycles. The van der Waals surface area contributed by atoms with Crippen molar-refractivity contribution in [3.05, 3.63) is 16.1 Å². The quantitative estimate of drug-likeness (QED) is 0.846. The van der Waals surface area contributed by atoms with Crippen LogP contribution in [0.5, 0.6) is 0 Å². The minimum atomic E-state index is -1.01. The molecule has 5 nitrogen and oxygen atoms in total. The number of aliphatic hydroxyl groups is 1. The van der Waals surface area contributed by atoms with Gasteiger partial charge in [-0.2, -0.15) is 0 Å². The zero-order valence-corrected chi connectivity index (χ0v) is 11.9. The zero-order chi connectivity index (χ0) is 13.6. The van der Waals surface area contributed by atoms with Gasteiger partial charge in [0.2, 0.25) is 0 Å².